The van der Waals surface area contributed by atoms with Crippen LogP contribution in [0.1, 0.15) is 45.3 Å². The third-order valence-corrected chi connectivity index (χ3v) is 5.56. The van der Waals surface area contributed by atoms with E-state index in [1.807, 2.05) is 31.2 Å². The van der Waals surface area contributed by atoms with Gasteiger partial charge in [0.15, 0.2) is 0 Å². The molecule has 0 bridgehead atoms. The number of aliphatic hydroxyl groups is 1. The van der Waals surface area contributed by atoms with Gasteiger partial charge in [-0.15, -0.1) is 0 Å². The number of morpholine rings is 1. The highest BCUT2D eigenvalue weighted by molar-refractivity contribution is 6.06. The molecule has 0 unspecified atom stereocenters. The molecule has 1 saturated heterocycles. The number of aryl methyl sites for hydroxylation is 1. The Morgan fingerprint density at radius 2 is 2.09 bits per heavy atom. The van der Waals surface area contributed by atoms with Crippen molar-refractivity contribution in [3.05, 3.63) is 59.1 Å². The first-order valence-electron chi connectivity index (χ1n) is 10.6. The fourth-order valence-corrected chi connectivity index (χ4v) is 3.74. The Balaban J connectivity index is 1.63. The number of rotatable bonds is 6. The van der Waals surface area contributed by atoms with Crippen molar-refractivity contribution in [3.63, 3.8) is 0 Å². The number of hydrogen-bond donors (Lipinski definition) is 1. The van der Waals surface area contributed by atoms with Crippen molar-refractivity contribution in [3.8, 4) is 0 Å². The molecule has 32 heavy (non-hydrogen) atoms. The Morgan fingerprint density at radius 1 is 1.28 bits per heavy atom. The van der Waals surface area contributed by atoms with E-state index in [2.05, 4.69) is 5.16 Å². The number of hydrogen-bond acceptors (Lipinski definition) is 7. The maximum Gasteiger partial charge on any atom is 0.292 e. The van der Waals surface area contributed by atoms with Crippen molar-refractivity contribution in [1.82, 2.24) is 19.9 Å². The van der Waals surface area contributed by atoms with Crippen LogP contribution >= 0.6 is 0 Å². The van der Waals surface area contributed by atoms with Crippen LogP contribution in [0.25, 0.3) is 10.9 Å². The second kappa shape index (κ2) is 9.46. The highest BCUT2D eigenvalue weighted by atomic mass is 16.5. The average Bonchev–Trinajstić information content (AvgIpc) is 3.32. The van der Waals surface area contributed by atoms with E-state index in [0.717, 1.165) is 11.1 Å². The standard InChI is InChI=1S/C23H26N4O5/c1-3-15-12-20(32-25-15)23(30)27-9-11-31-21(14-27)19-13-17(22(29)26(2)8-10-28)16-6-4-5-7-18(16)24-19/h4-7,12-13,21,28H,3,8-11,14H2,1-2H3/t21-/m0/s1. The van der Waals surface area contributed by atoms with Gasteiger partial charge in [0.25, 0.3) is 11.8 Å². The molecular formula is C23H26N4O5. The SMILES string of the molecule is CCc1cc(C(=O)N2CCO[C@H](c3cc(C(=O)N(C)CCO)c4ccccc4n3)C2)on1. The summed E-state index contributed by atoms with van der Waals surface area (Å²) in [6, 6.07) is 10.8. The molecule has 0 aliphatic carbocycles. The third-order valence-electron chi connectivity index (χ3n) is 5.56. The fourth-order valence-electron chi connectivity index (χ4n) is 3.74. The van der Waals surface area contributed by atoms with E-state index in [1.165, 1.54) is 4.90 Å². The number of carbonyl (C=O) groups is 2. The van der Waals surface area contributed by atoms with Gasteiger partial charge in [0.2, 0.25) is 5.76 Å². The lowest BCUT2D eigenvalue weighted by atomic mass is 10.0. The number of pyridine rings is 1. The third kappa shape index (κ3) is 4.35. The molecule has 2 amide bonds. The average molecular weight is 438 g/mol. The van der Waals surface area contributed by atoms with Crippen molar-refractivity contribution >= 4 is 22.7 Å². The van der Waals surface area contributed by atoms with Gasteiger partial charge in [0, 0.05) is 31.6 Å². The van der Waals surface area contributed by atoms with Gasteiger partial charge in [0.05, 0.1) is 42.2 Å². The molecule has 9 nitrogen and oxygen atoms in total. The zero-order valence-electron chi connectivity index (χ0n) is 18.2. The quantitative estimate of drug-likeness (QED) is 0.627. The molecule has 4 rings (SSSR count). The smallest absolute Gasteiger partial charge is 0.292 e. The van der Waals surface area contributed by atoms with E-state index in [1.54, 1.807) is 24.1 Å². The van der Waals surface area contributed by atoms with Crippen LogP contribution in [-0.2, 0) is 11.2 Å². The summed E-state index contributed by atoms with van der Waals surface area (Å²) < 4.78 is 11.1. The Bertz CT molecular complexity index is 1130. The van der Waals surface area contributed by atoms with Gasteiger partial charge in [-0.2, -0.15) is 0 Å². The molecule has 1 atom stereocenters. The maximum absolute atomic E-state index is 13.0. The number of benzene rings is 1. The number of aromatic nitrogens is 2. The molecule has 2 aromatic heterocycles. The van der Waals surface area contributed by atoms with Gasteiger partial charge < -0.3 is 24.2 Å². The van der Waals surface area contributed by atoms with Gasteiger partial charge in [0.1, 0.15) is 6.10 Å². The van der Waals surface area contributed by atoms with Crippen LogP contribution in [0, 0.1) is 0 Å². The maximum atomic E-state index is 13.0. The number of aliphatic hydroxyl groups excluding tert-OH is 1. The van der Waals surface area contributed by atoms with E-state index < -0.39 is 6.10 Å². The zero-order valence-corrected chi connectivity index (χ0v) is 18.2. The summed E-state index contributed by atoms with van der Waals surface area (Å²) in [5, 5.41) is 13.8. The first-order valence-corrected chi connectivity index (χ1v) is 10.6. The minimum Gasteiger partial charge on any atom is -0.395 e. The second-order valence-electron chi connectivity index (χ2n) is 7.71. The summed E-state index contributed by atoms with van der Waals surface area (Å²) in [5.41, 5.74) is 2.45. The summed E-state index contributed by atoms with van der Waals surface area (Å²) >= 11 is 0. The first-order chi connectivity index (χ1) is 15.5. The van der Waals surface area contributed by atoms with Crippen LogP contribution in [0.3, 0.4) is 0 Å². The van der Waals surface area contributed by atoms with Gasteiger partial charge in [-0.1, -0.05) is 30.3 Å². The van der Waals surface area contributed by atoms with Crippen LogP contribution in [0.15, 0.2) is 40.9 Å². The molecule has 9 heteroatoms. The molecule has 1 aromatic carbocycles. The van der Waals surface area contributed by atoms with Crippen LogP contribution in [-0.4, -0.2) is 76.8 Å². The van der Waals surface area contributed by atoms with Crippen molar-refractivity contribution < 1.29 is 24.0 Å². The summed E-state index contributed by atoms with van der Waals surface area (Å²) in [5.74, 6) is -0.253. The number of likely N-dealkylation sites (N-methyl/N-ethyl adjacent to an activating group) is 1. The van der Waals surface area contributed by atoms with E-state index in [-0.39, 0.29) is 37.3 Å². The Labute approximate surface area is 185 Å². The normalized spacial score (nSPS) is 16.3. The highest BCUT2D eigenvalue weighted by Crippen LogP contribution is 2.27. The molecule has 1 aliphatic rings. The molecule has 0 saturated carbocycles. The van der Waals surface area contributed by atoms with Gasteiger partial charge >= 0.3 is 0 Å². The van der Waals surface area contributed by atoms with Crippen molar-refractivity contribution in [1.29, 1.82) is 0 Å². The number of carbonyl (C=O) groups excluding carboxylic acids is 2. The first kappa shape index (κ1) is 21.9. The van der Waals surface area contributed by atoms with E-state index >= 15 is 0 Å². The minimum atomic E-state index is -0.486. The molecule has 3 aromatic rings. The minimum absolute atomic E-state index is 0.123. The number of para-hydroxylation sites is 1. The molecule has 1 aliphatic heterocycles. The molecule has 1 fully saturated rings. The zero-order chi connectivity index (χ0) is 22.7. The molecule has 3 heterocycles. The number of fused-ring (bicyclic) bond motifs is 1. The topological polar surface area (TPSA) is 109 Å². The Morgan fingerprint density at radius 3 is 2.84 bits per heavy atom. The molecular weight excluding hydrogens is 412 g/mol. The second-order valence-corrected chi connectivity index (χ2v) is 7.71. The number of amides is 2. The predicted molar refractivity (Wildman–Crippen MR) is 116 cm³/mol. The van der Waals surface area contributed by atoms with E-state index in [4.69, 9.17) is 14.2 Å². The molecule has 0 spiro atoms. The van der Waals surface area contributed by atoms with Crippen LogP contribution < -0.4 is 0 Å². The highest BCUT2D eigenvalue weighted by Gasteiger charge is 2.30. The Hall–Kier alpha value is -3.30. The monoisotopic (exact) mass is 438 g/mol. The van der Waals surface area contributed by atoms with Gasteiger partial charge in [-0.05, 0) is 18.6 Å². The summed E-state index contributed by atoms with van der Waals surface area (Å²) in [6.07, 6.45) is 0.200. The van der Waals surface area contributed by atoms with Crippen molar-refractivity contribution in [2.24, 2.45) is 0 Å². The fraction of sp³-hybridized carbons (Fsp3) is 0.391. The lowest BCUT2D eigenvalue weighted by Gasteiger charge is -2.32. The lowest BCUT2D eigenvalue weighted by Crippen LogP contribution is -2.42. The van der Waals surface area contributed by atoms with Crippen molar-refractivity contribution in [2.45, 2.75) is 19.4 Å². The largest absolute Gasteiger partial charge is 0.395 e. The molecule has 168 valence electrons. The van der Waals surface area contributed by atoms with Gasteiger partial charge in [-0.3, -0.25) is 9.59 Å². The van der Waals surface area contributed by atoms with E-state index in [0.29, 0.717) is 36.3 Å². The molecule has 1 N–H and O–H groups in total. The summed E-state index contributed by atoms with van der Waals surface area (Å²) in [7, 11) is 1.65. The van der Waals surface area contributed by atoms with Gasteiger partial charge in [-0.25, -0.2) is 4.98 Å². The van der Waals surface area contributed by atoms with Crippen molar-refractivity contribution in [2.75, 3.05) is 39.9 Å². The van der Waals surface area contributed by atoms with E-state index in [9.17, 15) is 14.7 Å². The molecule has 0 radical (unpaired) electrons. The van der Waals surface area contributed by atoms with Crippen LogP contribution in [0.4, 0.5) is 0 Å². The van der Waals surface area contributed by atoms with Crippen LogP contribution in [0.5, 0.6) is 0 Å². The summed E-state index contributed by atoms with van der Waals surface area (Å²) in [6.45, 7) is 3.10. The van der Waals surface area contributed by atoms with Crippen LogP contribution in [0.2, 0.25) is 0 Å². The number of nitrogens with zero attached hydrogens (tertiary/aromatic N) is 4. The number of ether oxygens (including phenoxy) is 1. The predicted octanol–water partition coefficient (Wildman–Crippen LogP) is 2.06. The summed E-state index contributed by atoms with van der Waals surface area (Å²) in [4.78, 5) is 33.8. The Kier molecular flexibility index (Phi) is 6.48. The lowest BCUT2D eigenvalue weighted by molar-refractivity contribution is -0.0257.